The summed E-state index contributed by atoms with van der Waals surface area (Å²) in [5.74, 6) is 0. The number of nitrogens with one attached hydrogen (secondary N) is 1. The Kier molecular flexibility index (Phi) is 2.88. The first kappa shape index (κ1) is 9.59. The van der Waals surface area contributed by atoms with Crippen LogP contribution in [0.5, 0.6) is 0 Å². The van der Waals surface area contributed by atoms with Crippen LogP contribution in [0, 0.1) is 6.07 Å². The Morgan fingerprint density at radius 2 is 1.93 bits per heavy atom. The standard InChI is InChI=1S/C13H13N2/c14-12-7-4-8-13(9-12)15-10-11-5-2-1-3-6-11/h1-3,5-9,15H,10,14H2. The third kappa shape index (κ3) is 2.74. The molecule has 2 aromatic rings. The Bertz CT molecular complexity index is 424. The molecule has 2 rings (SSSR count). The fourth-order valence-corrected chi connectivity index (χ4v) is 1.39. The molecule has 2 aromatic carbocycles. The van der Waals surface area contributed by atoms with E-state index in [0.717, 1.165) is 17.9 Å². The van der Waals surface area contributed by atoms with Gasteiger partial charge in [-0.1, -0.05) is 30.3 Å². The minimum atomic E-state index is 0.730. The summed E-state index contributed by atoms with van der Waals surface area (Å²) in [6.07, 6.45) is 0. The monoisotopic (exact) mass is 197 g/mol. The summed E-state index contributed by atoms with van der Waals surface area (Å²) in [7, 11) is 0. The van der Waals surface area contributed by atoms with Crippen LogP contribution in [0.4, 0.5) is 11.4 Å². The van der Waals surface area contributed by atoms with E-state index in [0.29, 0.717) is 0 Å². The van der Waals surface area contributed by atoms with Gasteiger partial charge in [0.05, 0.1) is 0 Å². The number of benzene rings is 2. The van der Waals surface area contributed by atoms with Crippen molar-refractivity contribution in [1.82, 2.24) is 0 Å². The Labute approximate surface area is 89.7 Å². The molecule has 0 unspecified atom stereocenters. The molecule has 2 heteroatoms. The zero-order chi connectivity index (χ0) is 10.5. The average Bonchev–Trinajstić information content (AvgIpc) is 2.28. The summed E-state index contributed by atoms with van der Waals surface area (Å²) in [5, 5.41) is 3.29. The molecule has 0 atom stereocenters. The summed E-state index contributed by atoms with van der Waals surface area (Å²) in [6.45, 7) is 0.804. The van der Waals surface area contributed by atoms with Crippen LogP contribution >= 0.6 is 0 Å². The van der Waals surface area contributed by atoms with Gasteiger partial charge in [-0.05, 0) is 29.8 Å². The number of hydrogen-bond acceptors (Lipinski definition) is 2. The van der Waals surface area contributed by atoms with Crippen molar-refractivity contribution in [3.05, 3.63) is 60.2 Å². The zero-order valence-corrected chi connectivity index (χ0v) is 8.40. The van der Waals surface area contributed by atoms with Gasteiger partial charge >= 0.3 is 0 Å². The normalized spacial score (nSPS) is 9.87. The van der Waals surface area contributed by atoms with Crippen LogP contribution in [0.15, 0.2) is 48.5 Å². The van der Waals surface area contributed by atoms with Gasteiger partial charge in [0.25, 0.3) is 0 Å². The van der Waals surface area contributed by atoms with Crippen LogP contribution in [0.2, 0.25) is 0 Å². The third-order valence-electron chi connectivity index (χ3n) is 2.15. The SMILES string of the molecule is Nc1c[c]cc(NCc2ccccc2)c1. The molecule has 0 spiro atoms. The highest BCUT2D eigenvalue weighted by atomic mass is 14.9. The van der Waals surface area contributed by atoms with Crippen molar-refractivity contribution in [3.63, 3.8) is 0 Å². The third-order valence-corrected chi connectivity index (χ3v) is 2.15. The quantitative estimate of drug-likeness (QED) is 0.742. The minimum Gasteiger partial charge on any atom is -0.399 e. The number of rotatable bonds is 3. The van der Waals surface area contributed by atoms with Crippen LogP contribution in [0.3, 0.4) is 0 Å². The molecule has 2 nitrogen and oxygen atoms in total. The van der Waals surface area contributed by atoms with Gasteiger partial charge < -0.3 is 11.1 Å². The Hall–Kier alpha value is -1.96. The second-order valence-electron chi connectivity index (χ2n) is 3.39. The van der Waals surface area contributed by atoms with Crippen molar-refractivity contribution < 1.29 is 0 Å². The molecular weight excluding hydrogens is 184 g/mol. The summed E-state index contributed by atoms with van der Waals surface area (Å²) in [4.78, 5) is 0. The first-order chi connectivity index (χ1) is 7.34. The molecular formula is C13H13N2. The molecule has 0 aliphatic heterocycles. The first-order valence-corrected chi connectivity index (χ1v) is 4.89. The van der Waals surface area contributed by atoms with Gasteiger partial charge in [-0.3, -0.25) is 0 Å². The molecule has 75 valence electrons. The van der Waals surface area contributed by atoms with Crippen molar-refractivity contribution in [2.75, 3.05) is 11.1 Å². The van der Waals surface area contributed by atoms with Crippen LogP contribution in [0.25, 0.3) is 0 Å². The maximum Gasteiger partial charge on any atom is 0.0400 e. The van der Waals surface area contributed by atoms with Crippen molar-refractivity contribution in [2.45, 2.75) is 6.54 Å². The summed E-state index contributed by atoms with van der Waals surface area (Å²) in [5.41, 5.74) is 8.63. The van der Waals surface area contributed by atoms with Gasteiger partial charge in [-0.2, -0.15) is 0 Å². The molecule has 0 aromatic heterocycles. The van der Waals surface area contributed by atoms with Crippen LogP contribution in [-0.2, 0) is 6.54 Å². The zero-order valence-electron chi connectivity index (χ0n) is 8.40. The lowest BCUT2D eigenvalue weighted by atomic mass is 10.2. The minimum absolute atomic E-state index is 0.730. The highest BCUT2D eigenvalue weighted by molar-refractivity contribution is 5.53. The van der Waals surface area contributed by atoms with Crippen LogP contribution < -0.4 is 11.1 Å². The number of nitrogen functional groups attached to an aromatic ring is 1. The fraction of sp³-hybridized carbons (Fsp3) is 0.0769. The molecule has 1 radical (unpaired) electrons. The Morgan fingerprint density at radius 1 is 1.13 bits per heavy atom. The molecule has 0 saturated heterocycles. The molecule has 0 amide bonds. The van der Waals surface area contributed by atoms with Crippen molar-refractivity contribution in [2.24, 2.45) is 0 Å². The number of hydrogen-bond donors (Lipinski definition) is 2. The second kappa shape index (κ2) is 4.51. The number of anilines is 2. The Morgan fingerprint density at radius 3 is 2.67 bits per heavy atom. The first-order valence-electron chi connectivity index (χ1n) is 4.89. The van der Waals surface area contributed by atoms with Gasteiger partial charge in [0.15, 0.2) is 0 Å². The van der Waals surface area contributed by atoms with E-state index < -0.39 is 0 Å². The van der Waals surface area contributed by atoms with E-state index in [-0.39, 0.29) is 0 Å². The topological polar surface area (TPSA) is 38.0 Å². The van der Waals surface area contributed by atoms with Gasteiger partial charge in [0, 0.05) is 17.9 Å². The van der Waals surface area contributed by atoms with Crippen molar-refractivity contribution >= 4 is 11.4 Å². The van der Waals surface area contributed by atoms with E-state index in [1.165, 1.54) is 5.56 Å². The van der Waals surface area contributed by atoms with Gasteiger partial charge in [0.2, 0.25) is 0 Å². The maximum absolute atomic E-state index is 5.66. The summed E-state index contributed by atoms with van der Waals surface area (Å²) in [6, 6.07) is 18.8. The molecule has 0 fully saturated rings. The molecule has 0 aliphatic carbocycles. The van der Waals surface area contributed by atoms with Gasteiger partial charge in [-0.15, -0.1) is 0 Å². The van der Waals surface area contributed by atoms with Gasteiger partial charge in [-0.25, -0.2) is 0 Å². The van der Waals surface area contributed by atoms with E-state index in [2.05, 4.69) is 23.5 Å². The molecule has 0 saturated carbocycles. The average molecular weight is 197 g/mol. The van der Waals surface area contributed by atoms with E-state index in [4.69, 9.17) is 5.73 Å². The highest BCUT2D eigenvalue weighted by Crippen LogP contribution is 2.12. The summed E-state index contributed by atoms with van der Waals surface area (Å²) < 4.78 is 0. The number of nitrogens with two attached hydrogens (primary N) is 1. The van der Waals surface area contributed by atoms with Gasteiger partial charge in [0.1, 0.15) is 0 Å². The van der Waals surface area contributed by atoms with E-state index in [1.807, 2.05) is 30.3 Å². The van der Waals surface area contributed by atoms with E-state index in [9.17, 15) is 0 Å². The molecule has 0 heterocycles. The molecule has 0 bridgehead atoms. The van der Waals surface area contributed by atoms with E-state index in [1.54, 1.807) is 6.07 Å². The highest BCUT2D eigenvalue weighted by Gasteiger charge is 1.93. The maximum atomic E-state index is 5.66. The largest absolute Gasteiger partial charge is 0.399 e. The second-order valence-corrected chi connectivity index (χ2v) is 3.39. The lowest BCUT2D eigenvalue weighted by molar-refractivity contribution is 1.15. The lowest BCUT2D eigenvalue weighted by Gasteiger charge is -2.06. The van der Waals surface area contributed by atoms with Crippen molar-refractivity contribution in [1.29, 1.82) is 0 Å². The Balaban J connectivity index is 1.99. The molecule has 15 heavy (non-hydrogen) atoms. The van der Waals surface area contributed by atoms with E-state index >= 15 is 0 Å². The predicted molar refractivity (Wildman–Crippen MR) is 63.5 cm³/mol. The lowest BCUT2D eigenvalue weighted by Crippen LogP contribution is -1.99. The van der Waals surface area contributed by atoms with Crippen LogP contribution in [0.1, 0.15) is 5.56 Å². The molecule has 3 N–H and O–H groups in total. The fourth-order valence-electron chi connectivity index (χ4n) is 1.39. The predicted octanol–water partition coefficient (Wildman–Crippen LogP) is 2.68. The summed E-state index contributed by atoms with van der Waals surface area (Å²) >= 11 is 0. The van der Waals surface area contributed by atoms with Crippen molar-refractivity contribution in [3.8, 4) is 0 Å². The smallest absolute Gasteiger partial charge is 0.0400 e. The molecule has 0 aliphatic rings. The van der Waals surface area contributed by atoms with Crippen LogP contribution in [-0.4, -0.2) is 0 Å².